The molecule has 0 aromatic carbocycles. The molecule has 0 unspecified atom stereocenters. The summed E-state index contributed by atoms with van der Waals surface area (Å²) in [7, 11) is 5.43. The third-order valence-electron chi connectivity index (χ3n) is 6.92. The largest absolute Gasteiger partial charge is 0.481 e. The molecule has 0 aliphatic heterocycles. The molecule has 2 atom stereocenters. The summed E-state index contributed by atoms with van der Waals surface area (Å²) in [5.41, 5.74) is 10.5. The lowest BCUT2D eigenvalue weighted by molar-refractivity contribution is -0.150. The van der Waals surface area contributed by atoms with Gasteiger partial charge in [0.2, 0.25) is 11.8 Å². The van der Waals surface area contributed by atoms with Gasteiger partial charge in [-0.15, -0.1) is 0 Å². The Morgan fingerprint density at radius 3 is 2.64 bits per heavy atom. The number of carbonyl (C=O) groups excluding carboxylic acids is 2. The van der Waals surface area contributed by atoms with Gasteiger partial charge in [0.25, 0.3) is 0 Å². The molecule has 0 bridgehead atoms. The monoisotopic (exact) mass is 571 g/mol. The van der Waals surface area contributed by atoms with Gasteiger partial charge >= 0.3 is 5.97 Å². The molecule has 11 heteroatoms. The molecule has 0 fully saturated rings. The first-order chi connectivity index (χ1) is 20.2. The van der Waals surface area contributed by atoms with Crippen LogP contribution in [0.4, 0.5) is 5.69 Å². The molecule has 220 valence electrons. The van der Waals surface area contributed by atoms with Crippen LogP contribution >= 0.6 is 0 Å². The second kappa shape index (κ2) is 13.8. The van der Waals surface area contributed by atoms with Crippen LogP contribution in [-0.4, -0.2) is 70.1 Å². The van der Waals surface area contributed by atoms with Gasteiger partial charge in [-0.2, -0.15) is 0 Å². The van der Waals surface area contributed by atoms with Crippen molar-refractivity contribution in [2.24, 2.45) is 11.7 Å². The molecular weight excluding hydrogens is 534 g/mol. The first-order valence-electron chi connectivity index (χ1n) is 13.7. The van der Waals surface area contributed by atoms with Gasteiger partial charge in [-0.25, -0.2) is 9.97 Å². The van der Waals surface area contributed by atoms with Crippen molar-refractivity contribution in [3.05, 3.63) is 67.4 Å². The first kappa shape index (κ1) is 30.4. The van der Waals surface area contributed by atoms with Crippen LogP contribution in [0.3, 0.4) is 0 Å². The van der Waals surface area contributed by atoms with Gasteiger partial charge in [-0.3, -0.25) is 19.1 Å². The Bertz CT molecular complexity index is 1580. The van der Waals surface area contributed by atoms with Gasteiger partial charge in [0.05, 0.1) is 19.0 Å². The van der Waals surface area contributed by atoms with Gasteiger partial charge < -0.3 is 25.4 Å². The summed E-state index contributed by atoms with van der Waals surface area (Å²) in [5, 5.41) is 3.68. The molecule has 0 saturated heterocycles. The fourth-order valence-electron chi connectivity index (χ4n) is 4.28. The highest BCUT2D eigenvalue weighted by Gasteiger charge is 2.22. The third-order valence-corrected chi connectivity index (χ3v) is 6.92. The number of hydrogen-bond acceptors (Lipinski definition) is 9. The number of anilines is 1. The van der Waals surface area contributed by atoms with E-state index in [0.29, 0.717) is 23.8 Å². The molecule has 4 aromatic rings. The van der Waals surface area contributed by atoms with E-state index < -0.39 is 12.0 Å². The number of pyridine rings is 3. The van der Waals surface area contributed by atoms with Crippen LogP contribution in [0.15, 0.2) is 67.4 Å². The summed E-state index contributed by atoms with van der Waals surface area (Å²) >= 11 is 0. The van der Waals surface area contributed by atoms with Crippen molar-refractivity contribution in [3.8, 4) is 28.1 Å². The Kier molecular flexibility index (Phi) is 10.00. The average molecular weight is 572 g/mol. The number of fused-ring (bicyclic) bond motifs is 1. The van der Waals surface area contributed by atoms with Crippen LogP contribution in [0.2, 0.25) is 0 Å². The molecule has 0 radical (unpaired) electrons. The number of hydrogen-bond donors (Lipinski definition) is 2. The average Bonchev–Trinajstić information content (AvgIpc) is 3.36. The zero-order chi connectivity index (χ0) is 30.2. The van der Waals surface area contributed by atoms with E-state index >= 15 is 0 Å². The maximum atomic E-state index is 12.6. The molecule has 4 aromatic heterocycles. The number of rotatable bonds is 12. The van der Waals surface area contributed by atoms with Crippen molar-refractivity contribution < 1.29 is 19.1 Å². The van der Waals surface area contributed by atoms with Gasteiger partial charge in [0.15, 0.2) is 6.73 Å². The Hall–Kier alpha value is -4.61. The molecule has 4 rings (SSSR count). The minimum atomic E-state index is -0.705. The van der Waals surface area contributed by atoms with E-state index in [9.17, 15) is 9.59 Å². The van der Waals surface area contributed by atoms with Crippen LogP contribution in [0.5, 0.6) is 5.88 Å². The van der Waals surface area contributed by atoms with E-state index in [0.717, 1.165) is 34.1 Å². The molecule has 0 saturated carbocycles. The molecule has 11 nitrogen and oxygen atoms in total. The molecule has 1 amide bonds. The van der Waals surface area contributed by atoms with Crippen molar-refractivity contribution in [1.29, 1.82) is 0 Å². The molecular formula is C31H37N7O4. The van der Waals surface area contributed by atoms with Crippen molar-refractivity contribution in [3.63, 3.8) is 0 Å². The van der Waals surface area contributed by atoms with E-state index in [-0.39, 0.29) is 18.6 Å². The smallest absolute Gasteiger partial charge is 0.324 e. The highest BCUT2D eigenvalue weighted by atomic mass is 16.5. The summed E-state index contributed by atoms with van der Waals surface area (Å²) in [6.07, 6.45) is 12.6. The van der Waals surface area contributed by atoms with E-state index in [4.69, 9.17) is 20.2 Å². The summed E-state index contributed by atoms with van der Waals surface area (Å²) in [6.45, 7) is 4.52. The lowest BCUT2D eigenvalue weighted by Crippen LogP contribution is -2.38. The molecule has 42 heavy (non-hydrogen) atoms. The minimum Gasteiger partial charge on any atom is -0.481 e. The van der Waals surface area contributed by atoms with E-state index in [1.165, 1.54) is 6.08 Å². The number of nitrogens with two attached hydrogens (primary N) is 1. The number of amides is 1. The van der Waals surface area contributed by atoms with E-state index in [1.54, 1.807) is 42.5 Å². The maximum absolute atomic E-state index is 12.6. The maximum Gasteiger partial charge on any atom is 0.324 e. The second-order valence-electron chi connectivity index (χ2n) is 10.3. The number of carbonyl (C=O) groups is 2. The lowest BCUT2D eigenvalue weighted by Gasteiger charge is -2.17. The SMILES string of the molecule is CC[C@H](C)[C@H](N)C(=O)OCn1cc(-c2ccnc(OC)c2)c2cc(-c3cncc(NC(=O)/C=C/CN(C)C)c3)cnc21. The highest BCUT2D eigenvalue weighted by Crippen LogP contribution is 2.34. The number of esters is 1. The number of nitrogens with zero attached hydrogens (tertiary/aromatic N) is 5. The number of methoxy groups -OCH3 is 1. The van der Waals surface area contributed by atoms with Crippen LogP contribution in [-0.2, 0) is 21.1 Å². The molecule has 0 aliphatic rings. The lowest BCUT2D eigenvalue weighted by atomic mass is 10.0. The first-order valence-corrected chi connectivity index (χ1v) is 13.7. The standard InChI is InChI=1S/C31H37N7O4/c1-6-20(2)29(32)31(40)42-19-38-18-26(21-9-10-34-28(14-21)41-5)25-13-23(16-35-30(25)38)22-12-24(17-33-15-22)36-27(39)8-7-11-37(3)4/h7-10,12-18,20,29H,6,11,19,32H2,1-5H3,(H,36,39)/b8-7+/t20-,29-/m0/s1. The van der Waals surface area contributed by atoms with Gasteiger partial charge in [-0.1, -0.05) is 26.3 Å². The number of likely N-dealkylation sites (N-methyl/N-ethyl adjacent to an activating group) is 1. The fraction of sp³-hybridized carbons (Fsp3) is 0.323. The second-order valence-corrected chi connectivity index (χ2v) is 10.3. The van der Waals surface area contributed by atoms with E-state index in [2.05, 4.69) is 15.3 Å². The molecule has 0 spiro atoms. The Morgan fingerprint density at radius 2 is 1.90 bits per heavy atom. The van der Waals surface area contributed by atoms with Gasteiger partial charge in [0, 0.05) is 65.6 Å². The quantitative estimate of drug-likeness (QED) is 0.190. The molecule has 3 N–H and O–H groups in total. The Morgan fingerprint density at radius 1 is 1.12 bits per heavy atom. The minimum absolute atomic E-state index is 0.00246. The predicted octanol–water partition coefficient (Wildman–Crippen LogP) is 4.10. The summed E-state index contributed by atoms with van der Waals surface area (Å²) in [5.74, 6) is -0.229. The topological polar surface area (TPSA) is 137 Å². The Labute approximate surface area is 245 Å². The third kappa shape index (κ3) is 7.36. The van der Waals surface area contributed by atoms with Crippen molar-refractivity contribution in [2.45, 2.75) is 33.0 Å². The fourth-order valence-corrected chi connectivity index (χ4v) is 4.28. The van der Waals surface area contributed by atoms with Crippen LogP contribution in [0.1, 0.15) is 20.3 Å². The normalized spacial score (nSPS) is 12.9. The molecule has 4 heterocycles. The van der Waals surface area contributed by atoms with Crippen LogP contribution < -0.4 is 15.8 Å². The van der Waals surface area contributed by atoms with E-state index in [1.807, 2.05) is 63.3 Å². The summed E-state index contributed by atoms with van der Waals surface area (Å²) in [4.78, 5) is 40.2. The van der Waals surface area contributed by atoms with Crippen LogP contribution in [0, 0.1) is 5.92 Å². The molecule has 0 aliphatic carbocycles. The van der Waals surface area contributed by atoms with Crippen molar-refractivity contribution in [1.82, 2.24) is 24.4 Å². The van der Waals surface area contributed by atoms with Gasteiger partial charge in [0.1, 0.15) is 11.7 Å². The van der Waals surface area contributed by atoms with Crippen molar-refractivity contribution >= 4 is 28.6 Å². The number of ether oxygens (including phenoxy) is 2. The predicted molar refractivity (Wildman–Crippen MR) is 163 cm³/mol. The summed E-state index contributed by atoms with van der Waals surface area (Å²) < 4.78 is 12.7. The van der Waals surface area contributed by atoms with Crippen molar-refractivity contribution in [2.75, 3.05) is 33.1 Å². The van der Waals surface area contributed by atoms with Gasteiger partial charge in [-0.05, 0) is 43.8 Å². The zero-order valence-corrected chi connectivity index (χ0v) is 24.6. The summed E-state index contributed by atoms with van der Waals surface area (Å²) in [6, 6.07) is 6.84. The highest BCUT2D eigenvalue weighted by molar-refractivity contribution is 6.00. The number of aromatic nitrogens is 4. The number of nitrogens with one attached hydrogen (secondary N) is 1. The zero-order valence-electron chi connectivity index (χ0n) is 24.6. The van der Waals surface area contributed by atoms with Crippen LogP contribution in [0.25, 0.3) is 33.3 Å². The Balaban J connectivity index is 1.68.